The molecule has 2 atom stereocenters. The number of rotatable bonds is 3. The van der Waals surface area contributed by atoms with Gasteiger partial charge in [-0.3, -0.25) is 9.69 Å². The van der Waals surface area contributed by atoms with Crippen molar-refractivity contribution >= 4 is 17.7 Å². The third-order valence-electron chi connectivity index (χ3n) is 4.59. The van der Waals surface area contributed by atoms with E-state index in [0.29, 0.717) is 13.1 Å². The number of benzene rings is 1. The van der Waals surface area contributed by atoms with Gasteiger partial charge in [0.15, 0.2) is 0 Å². The summed E-state index contributed by atoms with van der Waals surface area (Å²) in [7, 11) is 1.36. The number of carbonyl (C=O) groups excluding carboxylic acids is 2. The number of para-hydroxylation sites is 1. The smallest absolute Gasteiger partial charge is 0.410 e. The lowest BCUT2D eigenvalue weighted by Gasteiger charge is -2.27. The standard InChI is InChI=1S/C17H23N3O3/c1-23-17(22)20-10-5-8-15(20)16(21)19-11-9-14(12-19)18-13-6-3-2-4-7-13/h2-4,6-7,14-15,18H,5,8-12H2,1H3/t14-,15-/m1/s1. The molecule has 0 radical (unpaired) electrons. The lowest BCUT2D eigenvalue weighted by molar-refractivity contribution is -0.134. The van der Waals surface area contributed by atoms with Crippen molar-refractivity contribution in [3.05, 3.63) is 30.3 Å². The Morgan fingerprint density at radius 2 is 1.96 bits per heavy atom. The molecular formula is C17H23N3O3. The molecule has 23 heavy (non-hydrogen) atoms. The molecule has 6 heteroatoms. The molecule has 2 saturated heterocycles. The quantitative estimate of drug-likeness (QED) is 0.925. The van der Waals surface area contributed by atoms with E-state index < -0.39 is 6.09 Å². The first-order chi connectivity index (χ1) is 11.2. The predicted molar refractivity (Wildman–Crippen MR) is 87.2 cm³/mol. The van der Waals surface area contributed by atoms with Crippen molar-refractivity contribution in [1.29, 1.82) is 0 Å². The van der Waals surface area contributed by atoms with Crippen LogP contribution in [0.1, 0.15) is 19.3 Å². The van der Waals surface area contributed by atoms with E-state index >= 15 is 0 Å². The summed E-state index contributed by atoms with van der Waals surface area (Å²) < 4.78 is 4.78. The van der Waals surface area contributed by atoms with Gasteiger partial charge in [-0.15, -0.1) is 0 Å². The minimum absolute atomic E-state index is 0.0465. The van der Waals surface area contributed by atoms with Crippen LogP contribution in [0.5, 0.6) is 0 Å². The van der Waals surface area contributed by atoms with E-state index in [2.05, 4.69) is 5.32 Å². The molecule has 0 unspecified atom stereocenters. The number of anilines is 1. The van der Waals surface area contributed by atoms with Crippen molar-refractivity contribution in [2.24, 2.45) is 0 Å². The number of methoxy groups -OCH3 is 1. The van der Waals surface area contributed by atoms with Crippen LogP contribution in [0.25, 0.3) is 0 Å². The van der Waals surface area contributed by atoms with Crippen molar-refractivity contribution in [3.63, 3.8) is 0 Å². The van der Waals surface area contributed by atoms with Crippen LogP contribution >= 0.6 is 0 Å². The van der Waals surface area contributed by atoms with Gasteiger partial charge in [0.1, 0.15) is 6.04 Å². The molecule has 2 aliphatic rings. The molecule has 2 aliphatic heterocycles. The Morgan fingerprint density at radius 1 is 1.17 bits per heavy atom. The Balaban J connectivity index is 1.58. The summed E-state index contributed by atoms with van der Waals surface area (Å²) in [6, 6.07) is 9.92. The highest BCUT2D eigenvalue weighted by atomic mass is 16.5. The molecule has 0 spiro atoms. The van der Waals surface area contributed by atoms with E-state index in [1.807, 2.05) is 35.2 Å². The Bertz CT molecular complexity index is 563. The third kappa shape index (κ3) is 3.41. The minimum Gasteiger partial charge on any atom is -0.453 e. The highest BCUT2D eigenvalue weighted by Crippen LogP contribution is 2.23. The van der Waals surface area contributed by atoms with Crippen molar-refractivity contribution in [2.45, 2.75) is 31.3 Å². The number of hydrogen-bond donors (Lipinski definition) is 1. The van der Waals surface area contributed by atoms with Crippen molar-refractivity contribution in [3.8, 4) is 0 Å². The SMILES string of the molecule is COC(=O)N1CCC[C@@H]1C(=O)N1CC[C@@H](Nc2ccccc2)C1. The van der Waals surface area contributed by atoms with Gasteiger partial charge in [0.05, 0.1) is 7.11 Å². The van der Waals surface area contributed by atoms with Crippen LogP contribution in [0.3, 0.4) is 0 Å². The maximum absolute atomic E-state index is 12.7. The fourth-order valence-electron chi connectivity index (χ4n) is 3.42. The molecule has 1 aromatic carbocycles. The van der Waals surface area contributed by atoms with E-state index in [9.17, 15) is 9.59 Å². The summed E-state index contributed by atoms with van der Waals surface area (Å²) in [4.78, 5) is 27.9. The van der Waals surface area contributed by atoms with E-state index in [1.165, 1.54) is 7.11 Å². The zero-order valence-electron chi connectivity index (χ0n) is 13.4. The van der Waals surface area contributed by atoms with Gasteiger partial charge in [-0.2, -0.15) is 0 Å². The Kier molecular flexibility index (Phi) is 4.69. The highest BCUT2D eigenvalue weighted by molar-refractivity contribution is 5.86. The zero-order valence-corrected chi connectivity index (χ0v) is 13.4. The molecule has 6 nitrogen and oxygen atoms in total. The largest absolute Gasteiger partial charge is 0.453 e. The molecule has 1 N–H and O–H groups in total. The molecular weight excluding hydrogens is 294 g/mol. The Labute approximate surface area is 136 Å². The fraction of sp³-hybridized carbons (Fsp3) is 0.529. The third-order valence-corrected chi connectivity index (χ3v) is 4.59. The first kappa shape index (κ1) is 15.6. The maximum atomic E-state index is 12.7. The average molecular weight is 317 g/mol. The molecule has 2 fully saturated rings. The molecule has 3 rings (SSSR count). The molecule has 2 amide bonds. The second-order valence-corrected chi connectivity index (χ2v) is 6.10. The molecule has 0 bridgehead atoms. The molecule has 1 aromatic rings. The zero-order chi connectivity index (χ0) is 16.2. The second kappa shape index (κ2) is 6.89. The predicted octanol–water partition coefficient (Wildman–Crippen LogP) is 1.93. The van der Waals surface area contributed by atoms with Crippen LogP contribution in [0.15, 0.2) is 30.3 Å². The first-order valence-corrected chi connectivity index (χ1v) is 8.14. The highest BCUT2D eigenvalue weighted by Gasteiger charge is 2.39. The average Bonchev–Trinajstić information content (AvgIpc) is 3.24. The van der Waals surface area contributed by atoms with Gasteiger partial charge in [0.25, 0.3) is 0 Å². The number of nitrogens with one attached hydrogen (secondary N) is 1. The number of hydrogen-bond acceptors (Lipinski definition) is 4. The summed E-state index contributed by atoms with van der Waals surface area (Å²) in [6.07, 6.45) is 2.09. The Morgan fingerprint density at radius 3 is 2.70 bits per heavy atom. The number of amides is 2. The molecule has 2 heterocycles. The van der Waals surface area contributed by atoms with Gasteiger partial charge < -0.3 is 15.0 Å². The molecule has 0 aromatic heterocycles. The number of likely N-dealkylation sites (tertiary alicyclic amines) is 2. The maximum Gasteiger partial charge on any atom is 0.410 e. The monoisotopic (exact) mass is 317 g/mol. The minimum atomic E-state index is -0.404. The van der Waals surface area contributed by atoms with Crippen LogP contribution in [-0.2, 0) is 9.53 Å². The van der Waals surface area contributed by atoms with Crippen molar-refractivity contribution < 1.29 is 14.3 Å². The van der Waals surface area contributed by atoms with Gasteiger partial charge in [-0.25, -0.2) is 4.79 Å². The van der Waals surface area contributed by atoms with Gasteiger partial charge in [0, 0.05) is 31.4 Å². The van der Waals surface area contributed by atoms with E-state index in [-0.39, 0.29) is 18.0 Å². The van der Waals surface area contributed by atoms with Crippen LogP contribution < -0.4 is 5.32 Å². The van der Waals surface area contributed by atoms with E-state index in [0.717, 1.165) is 31.5 Å². The summed E-state index contributed by atoms with van der Waals surface area (Å²) in [5.41, 5.74) is 1.07. The van der Waals surface area contributed by atoms with Crippen LogP contribution in [-0.4, -0.2) is 60.6 Å². The summed E-state index contributed by atoms with van der Waals surface area (Å²) in [5.74, 6) is 0.0465. The van der Waals surface area contributed by atoms with E-state index in [1.54, 1.807) is 4.90 Å². The van der Waals surface area contributed by atoms with Gasteiger partial charge >= 0.3 is 6.09 Å². The Hall–Kier alpha value is -2.24. The molecule has 0 aliphatic carbocycles. The van der Waals surface area contributed by atoms with Crippen LogP contribution in [0.2, 0.25) is 0 Å². The van der Waals surface area contributed by atoms with Crippen molar-refractivity contribution in [2.75, 3.05) is 32.1 Å². The first-order valence-electron chi connectivity index (χ1n) is 8.14. The number of ether oxygens (including phenoxy) is 1. The van der Waals surface area contributed by atoms with Crippen LogP contribution in [0.4, 0.5) is 10.5 Å². The topological polar surface area (TPSA) is 61.9 Å². The van der Waals surface area contributed by atoms with Gasteiger partial charge in [-0.05, 0) is 31.4 Å². The number of carbonyl (C=O) groups is 2. The lowest BCUT2D eigenvalue weighted by atomic mass is 10.2. The summed E-state index contributed by atoms with van der Waals surface area (Å²) in [5, 5.41) is 3.46. The van der Waals surface area contributed by atoms with Crippen LogP contribution in [0, 0.1) is 0 Å². The summed E-state index contributed by atoms with van der Waals surface area (Å²) >= 11 is 0. The molecule has 0 saturated carbocycles. The summed E-state index contributed by atoms with van der Waals surface area (Å²) in [6.45, 7) is 2.01. The molecule has 124 valence electrons. The normalized spacial score (nSPS) is 23.9. The fourth-order valence-corrected chi connectivity index (χ4v) is 3.42. The number of nitrogens with zero attached hydrogens (tertiary/aromatic N) is 2. The van der Waals surface area contributed by atoms with Crippen molar-refractivity contribution in [1.82, 2.24) is 9.80 Å². The van der Waals surface area contributed by atoms with E-state index in [4.69, 9.17) is 4.74 Å². The second-order valence-electron chi connectivity index (χ2n) is 6.10. The lowest BCUT2D eigenvalue weighted by Crippen LogP contribution is -2.47. The van der Waals surface area contributed by atoms with Gasteiger partial charge in [0.2, 0.25) is 5.91 Å². The van der Waals surface area contributed by atoms with Gasteiger partial charge in [-0.1, -0.05) is 18.2 Å².